The average molecular weight is 233 g/mol. The Morgan fingerprint density at radius 2 is 2.00 bits per heavy atom. The molecule has 0 bridgehead atoms. The van der Waals surface area contributed by atoms with Gasteiger partial charge in [-0.15, -0.1) is 0 Å². The van der Waals surface area contributed by atoms with E-state index in [-0.39, 0.29) is 5.75 Å². The number of aromatic nitrogens is 1. The zero-order valence-electron chi connectivity index (χ0n) is 8.63. The molecular weight excluding hydrogens is 222 g/mol. The Morgan fingerprint density at radius 1 is 1.25 bits per heavy atom. The van der Waals surface area contributed by atoms with Crippen LogP contribution >= 0.6 is 0 Å². The number of benzene rings is 1. The molecule has 1 aromatic carbocycles. The third-order valence-electron chi connectivity index (χ3n) is 2.33. The average Bonchev–Trinajstić information content (AvgIpc) is 2.29. The molecule has 0 fully saturated rings. The van der Waals surface area contributed by atoms with E-state index < -0.39 is 9.84 Å². The minimum atomic E-state index is -3.24. The summed E-state index contributed by atoms with van der Waals surface area (Å²) >= 11 is 0. The number of nitrogens with zero attached hydrogens (tertiary/aromatic N) is 1. The van der Waals surface area contributed by atoms with E-state index in [1.165, 1.54) is 0 Å². The van der Waals surface area contributed by atoms with Crippen molar-refractivity contribution in [1.29, 1.82) is 0 Å². The molecular formula is C12H11NO2S. The summed E-state index contributed by atoms with van der Waals surface area (Å²) in [6, 6.07) is 9.25. The number of pyridine rings is 1. The Bertz CT molecular complexity index is 627. The van der Waals surface area contributed by atoms with Gasteiger partial charge in [0.15, 0.2) is 9.84 Å². The van der Waals surface area contributed by atoms with Crippen LogP contribution in [-0.4, -0.2) is 13.4 Å². The van der Waals surface area contributed by atoms with Gasteiger partial charge in [0, 0.05) is 17.0 Å². The van der Waals surface area contributed by atoms with Gasteiger partial charge in [-0.1, -0.05) is 30.8 Å². The van der Waals surface area contributed by atoms with Gasteiger partial charge in [-0.25, -0.2) is 8.42 Å². The molecule has 0 radical (unpaired) electrons. The van der Waals surface area contributed by atoms with Crippen molar-refractivity contribution in [2.75, 3.05) is 0 Å². The molecule has 3 nitrogen and oxygen atoms in total. The van der Waals surface area contributed by atoms with Crippen molar-refractivity contribution in [3.63, 3.8) is 0 Å². The number of fused-ring (bicyclic) bond motifs is 1. The Labute approximate surface area is 94.4 Å². The van der Waals surface area contributed by atoms with Crippen molar-refractivity contribution in [3.05, 3.63) is 54.1 Å². The van der Waals surface area contributed by atoms with Crippen LogP contribution in [0.1, 0.15) is 5.56 Å². The number of hydrogen-bond donors (Lipinski definition) is 0. The molecule has 0 aliphatic rings. The molecule has 82 valence electrons. The van der Waals surface area contributed by atoms with Crippen molar-refractivity contribution >= 4 is 20.7 Å². The first-order chi connectivity index (χ1) is 7.62. The standard InChI is InChI=1S/C12H11NO2S/c1-2-16(14,15)9-11-6-3-5-10-7-4-8-13-12(10)11/h2-8H,1,9H2. The predicted octanol–water partition coefficient (Wildman–Crippen LogP) is 2.29. The zero-order valence-corrected chi connectivity index (χ0v) is 9.44. The number of para-hydroxylation sites is 1. The van der Waals surface area contributed by atoms with Gasteiger partial charge in [0.05, 0.1) is 11.3 Å². The molecule has 2 rings (SSSR count). The molecule has 0 N–H and O–H groups in total. The van der Waals surface area contributed by atoms with Gasteiger partial charge in [-0.3, -0.25) is 4.98 Å². The van der Waals surface area contributed by atoms with E-state index in [9.17, 15) is 8.42 Å². The fourth-order valence-electron chi connectivity index (χ4n) is 1.56. The molecule has 0 aliphatic heterocycles. The third-order valence-corrected chi connectivity index (χ3v) is 3.55. The summed E-state index contributed by atoms with van der Waals surface area (Å²) < 4.78 is 22.9. The lowest BCUT2D eigenvalue weighted by Crippen LogP contribution is -2.00. The summed E-state index contributed by atoms with van der Waals surface area (Å²) in [7, 11) is -3.24. The van der Waals surface area contributed by atoms with Crippen molar-refractivity contribution in [3.8, 4) is 0 Å². The Morgan fingerprint density at radius 3 is 2.75 bits per heavy atom. The van der Waals surface area contributed by atoms with Crippen molar-refractivity contribution in [2.45, 2.75) is 5.75 Å². The van der Waals surface area contributed by atoms with Crippen LogP contribution in [-0.2, 0) is 15.6 Å². The van der Waals surface area contributed by atoms with E-state index in [1.54, 1.807) is 12.3 Å². The molecule has 0 aliphatic carbocycles. The minimum Gasteiger partial charge on any atom is -0.256 e. The third kappa shape index (κ3) is 2.12. The first-order valence-corrected chi connectivity index (χ1v) is 6.52. The van der Waals surface area contributed by atoms with Gasteiger partial charge in [0.25, 0.3) is 0 Å². The fraction of sp³-hybridized carbons (Fsp3) is 0.0833. The summed E-state index contributed by atoms with van der Waals surface area (Å²) in [5.74, 6) is -0.0507. The molecule has 1 heterocycles. The van der Waals surface area contributed by atoms with Gasteiger partial charge in [0.2, 0.25) is 0 Å². The predicted molar refractivity (Wildman–Crippen MR) is 64.6 cm³/mol. The number of hydrogen-bond acceptors (Lipinski definition) is 3. The van der Waals surface area contributed by atoms with E-state index in [0.29, 0.717) is 5.56 Å². The van der Waals surface area contributed by atoms with Crippen LogP contribution in [0.3, 0.4) is 0 Å². The van der Waals surface area contributed by atoms with Crippen molar-refractivity contribution < 1.29 is 8.42 Å². The first kappa shape index (κ1) is 10.8. The Hall–Kier alpha value is -1.68. The normalized spacial score (nSPS) is 11.5. The van der Waals surface area contributed by atoms with E-state index in [1.807, 2.05) is 24.3 Å². The highest BCUT2D eigenvalue weighted by Crippen LogP contribution is 2.18. The van der Waals surface area contributed by atoms with Crippen molar-refractivity contribution in [1.82, 2.24) is 4.98 Å². The van der Waals surface area contributed by atoms with Crippen LogP contribution in [0.4, 0.5) is 0 Å². The molecule has 0 atom stereocenters. The highest BCUT2D eigenvalue weighted by atomic mass is 32.2. The van der Waals surface area contributed by atoms with E-state index >= 15 is 0 Å². The molecule has 0 saturated heterocycles. The monoisotopic (exact) mass is 233 g/mol. The highest BCUT2D eigenvalue weighted by molar-refractivity contribution is 7.93. The van der Waals surface area contributed by atoms with Gasteiger partial charge in [0.1, 0.15) is 0 Å². The van der Waals surface area contributed by atoms with Gasteiger partial charge < -0.3 is 0 Å². The lowest BCUT2D eigenvalue weighted by atomic mass is 10.1. The fourth-order valence-corrected chi connectivity index (χ4v) is 2.34. The van der Waals surface area contributed by atoms with Crippen LogP contribution in [0.2, 0.25) is 0 Å². The van der Waals surface area contributed by atoms with Crippen LogP contribution < -0.4 is 0 Å². The number of rotatable bonds is 3. The maximum absolute atomic E-state index is 11.5. The summed E-state index contributed by atoms with van der Waals surface area (Å²) in [5.41, 5.74) is 1.44. The number of sulfone groups is 1. The summed E-state index contributed by atoms with van der Waals surface area (Å²) in [5, 5.41) is 1.92. The molecule has 0 unspecified atom stereocenters. The van der Waals surface area contributed by atoms with Crippen molar-refractivity contribution in [2.24, 2.45) is 0 Å². The van der Waals surface area contributed by atoms with E-state index in [2.05, 4.69) is 11.6 Å². The zero-order chi connectivity index (χ0) is 11.6. The maximum atomic E-state index is 11.5. The summed E-state index contributed by atoms with van der Waals surface area (Å²) in [6.07, 6.45) is 1.66. The second-order valence-corrected chi connectivity index (χ2v) is 5.41. The second kappa shape index (κ2) is 4.06. The molecule has 16 heavy (non-hydrogen) atoms. The van der Waals surface area contributed by atoms with Gasteiger partial charge in [-0.2, -0.15) is 0 Å². The Balaban J connectivity index is 2.57. The molecule has 0 amide bonds. The molecule has 4 heteroatoms. The van der Waals surface area contributed by atoms with E-state index in [4.69, 9.17) is 0 Å². The second-order valence-electron chi connectivity index (χ2n) is 3.47. The van der Waals surface area contributed by atoms with Crippen LogP contribution in [0.15, 0.2) is 48.5 Å². The van der Waals surface area contributed by atoms with Crippen LogP contribution in [0.25, 0.3) is 10.9 Å². The maximum Gasteiger partial charge on any atom is 0.175 e. The molecule has 2 aromatic rings. The lowest BCUT2D eigenvalue weighted by Gasteiger charge is -2.03. The molecule has 1 aromatic heterocycles. The summed E-state index contributed by atoms with van der Waals surface area (Å²) in [4.78, 5) is 4.20. The minimum absolute atomic E-state index is 0.0507. The Kier molecular flexibility index (Phi) is 2.75. The molecule has 0 saturated carbocycles. The topological polar surface area (TPSA) is 47.0 Å². The summed E-state index contributed by atoms with van der Waals surface area (Å²) in [6.45, 7) is 3.30. The lowest BCUT2D eigenvalue weighted by molar-refractivity contribution is 0.604. The highest BCUT2D eigenvalue weighted by Gasteiger charge is 2.10. The van der Waals surface area contributed by atoms with Crippen LogP contribution in [0.5, 0.6) is 0 Å². The quantitative estimate of drug-likeness (QED) is 0.817. The largest absolute Gasteiger partial charge is 0.256 e. The van der Waals surface area contributed by atoms with E-state index in [0.717, 1.165) is 16.3 Å². The van der Waals surface area contributed by atoms with Crippen LogP contribution in [0, 0.1) is 0 Å². The van der Waals surface area contributed by atoms with Gasteiger partial charge >= 0.3 is 0 Å². The SMILES string of the molecule is C=CS(=O)(=O)Cc1cccc2cccnc12. The molecule has 0 spiro atoms. The van der Waals surface area contributed by atoms with Gasteiger partial charge in [-0.05, 0) is 11.6 Å². The smallest absolute Gasteiger partial charge is 0.175 e. The first-order valence-electron chi connectivity index (χ1n) is 4.80.